The molecule has 3 aromatic heterocycles. The fourth-order valence-electron chi connectivity index (χ4n) is 4.75. The summed E-state index contributed by atoms with van der Waals surface area (Å²) < 4.78 is 34.2. The predicted molar refractivity (Wildman–Crippen MR) is 156 cm³/mol. The molecule has 11 nitrogen and oxygen atoms in total. The molecule has 1 fully saturated rings. The van der Waals surface area contributed by atoms with Crippen LogP contribution in [0, 0.1) is 11.7 Å². The lowest BCUT2D eigenvalue weighted by atomic mass is 10.1. The van der Waals surface area contributed by atoms with Crippen molar-refractivity contribution in [3.8, 4) is 11.5 Å². The van der Waals surface area contributed by atoms with Gasteiger partial charge in [0.2, 0.25) is 5.89 Å². The van der Waals surface area contributed by atoms with Crippen molar-refractivity contribution >= 4 is 37.9 Å². The number of aryl methyl sites for hydroxylation is 2. The number of carbonyl (C=O) groups excluding carboxylic acids is 1. The molecule has 2 N–H and O–H groups in total. The fourth-order valence-corrected chi connectivity index (χ4v) is 6.02. The van der Waals surface area contributed by atoms with E-state index in [1.54, 1.807) is 41.2 Å². The molecule has 12 heteroatoms. The zero-order chi connectivity index (χ0) is 28.4. The van der Waals surface area contributed by atoms with Crippen LogP contribution in [0.2, 0.25) is 0 Å². The molecule has 0 bridgehead atoms. The van der Waals surface area contributed by atoms with Crippen LogP contribution in [0.3, 0.4) is 0 Å². The van der Waals surface area contributed by atoms with Crippen LogP contribution in [0.5, 0.6) is 0 Å². The summed E-state index contributed by atoms with van der Waals surface area (Å²) in [5, 5.41) is 8.51. The summed E-state index contributed by atoms with van der Waals surface area (Å²) >= 11 is 0. The molecule has 1 aliphatic heterocycles. The third kappa shape index (κ3) is 5.83. The largest absolute Gasteiger partial charge is 0.444 e. The van der Waals surface area contributed by atoms with Crippen molar-refractivity contribution in [2.24, 2.45) is 0 Å². The zero-order valence-corrected chi connectivity index (χ0v) is 23.3. The van der Waals surface area contributed by atoms with E-state index < -0.39 is 15.6 Å². The molecule has 0 radical (unpaired) electrons. The summed E-state index contributed by atoms with van der Waals surface area (Å²) in [7, 11) is -2.96. The van der Waals surface area contributed by atoms with Crippen molar-refractivity contribution in [3.05, 3.63) is 84.6 Å². The standard InChI is InChI=1S/C29H29N7O4S/c1-20-15-21(7-8-31-20)29-33-26(19-40-29)28(37)32-25-16-22-18-36(11-14-41(30,38)23-5-3-2-4-6-23)34-24(22)17-27(25)35-9-12-39-13-10-35/h2-8,15-19,30H,9-14H2,1H3,(H,32,37). The number of pyridine rings is 1. The Morgan fingerprint density at radius 3 is 2.71 bits per heavy atom. The maximum absolute atomic E-state index is 13.3. The van der Waals surface area contributed by atoms with Crippen LogP contribution in [0.15, 0.2) is 82.6 Å². The van der Waals surface area contributed by atoms with Crippen LogP contribution < -0.4 is 10.2 Å². The van der Waals surface area contributed by atoms with E-state index >= 15 is 0 Å². The number of benzene rings is 2. The van der Waals surface area contributed by atoms with Gasteiger partial charge in [0.25, 0.3) is 5.91 Å². The Hall–Kier alpha value is -4.55. The molecule has 0 aliphatic carbocycles. The van der Waals surface area contributed by atoms with Crippen molar-refractivity contribution in [2.75, 3.05) is 42.3 Å². The number of morpholine rings is 1. The van der Waals surface area contributed by atoms with Crippen molar-refractivity contribution < 1.29 is 18.2 Å². The summed E-state index contributed by atoms with van der Waals surface area (Å²) in [6.45, 7) is 4.69. The molecule has 0 spiro atoms. The van der Waals surface area contributed by atoms with Gasteiger partial charge < -0.3 is 19.4 Å². The number of nitrogens with one attached hydrogen (secondary N) is 2. The van der Waals surface area contributed by atoms with Crippen LogP contribution in [0.25, 0.3) is 22.4 Å². The Morgan fingerprint density at radius 1 is 1.12 bits per heavy atom. The lowest BCUT2D eigenvalue weighted by Crippen LogP contribution is -2.36. The Balaban J connectivity index is 1.27. The van der Waals surface area contributed by atoms with Crippen LogP contribution in [-0.4, -0.2) is 61.9 Å². The molecular formula is C29H29N7O4S. The van der Waals surface area contributed by atoms with Gasteiger partial charge in [0.1, 0.15) is 6.26 Å². The molecule has 2 aromatic carbocycles. The Labute approximate surface area is 237 Å². The Kier molecular flexibility index (Phi) is 7.25. The normalized spacial score (nSPS) is 15.1. The summed E-state index contributed by atoms with van der Waals surface area (Å²) in [5.41, 5.74) is 3.88. The highest BCUT2D eigenvalue weighted by Gasteiger charge is 2.21. The van der Waals surface area contributed by atoms with E-state index in [2.05, 4.69) is 20.2 Å². The smallest absolute Gasteiger partial charge is 0.277 e. The van der Waals surface area contributed by atoms with Crippen LogP contribution >= 0.6 is 0 Å². The van der Waals surface area contributed by atoms with Gasteiger partial charge in [-0.15, -0.1) is 0 Å². The van der Waals surface area contributed by atoms with E-state index in [1.807, 2.05) is 37.4 Å². The van der Waals surface area contributed by atoms with E-state index in [1.165, 1.54) is 6.26 Å². The fraction of sp³-hybridized carbons (Fsp3) is 0.241. The molecule has 5 aromatic rings. The van der Waals surface area contributed by atoms with Crippen molar-refractivity contribution in [1.82, 2.24) is 19.7 Å². The average molecular weight is 572 g/mol. The molecule has 1 aliphatic rings. The van der Waals surface area contributed by atoms with Crippen LogP contribution in [-0.2, 0) is 21.0 Å². The number of ether oxygens (including phenoxy) is 1. The van der Waals surface area contributed by atoms with Crippen molar-refractivity contribution in [2.45, 2.75) is 18.4 Å². The molecule has 210 valence electrons. The monoisotopic (exact) mass is 571 g/mol. The first-order valence-electron chi connectivity index (χ1n) is 13.2. The highest BCUT2D eigenvalue weighted by atomic mass is 32.2. The number of fused-ring (bicyclic) bond motifs is 1. The Morgan fingerprint density at radius 2 is 1.93 bits per heavy atom. The lowest BCUT2D eigenvalue weighted by molar-refractivity contribution is 0.102. The number of nitrogens with zero attached hydrogens (tertiary/aromatic N) is 5. The van der Waals surface area contributed by atoms with Crippen LogP contribution in [0.1, 0.15) is 16.2 Å². The van der Waals surface area contributed by atoms with Gasteiger partial charge in [-0.2, -0.15) is 5.10 Å². The molecule has 1 atom stereocenters. The first-order chi connectivity index (χ1) is 19.9. The minimum absolute atomic E-state index is 0.135. The number of aromatic nitrogens is 4. The number of amides is 1. The molecule has 1 unspecified atom stereocenters. The predicted octanol–water partition coefficient (Wildman–Crippen LogP) is 4.59. The third-order valence-corrected chi connectivity index (χ3v) is 8.67. The average Bonchev–Trinajstić information content (AvgIpc) is 3.64. The number of carbonyl (C=O) groups is 1. The molecule has 4 heterocycles. The zero-order valence-electron chi connectivity index (χ0n) is 22.4. The number of anilines is 2. The van der Waals surface area contributed by atoms with Gasteiger partial charge in [0.15, 0.2) is 5.69 Å². The summed E-state index contributed by atoms with van der Waals surface area (Å²) in [6, 6.07) is 16.3. The van der Waals surface area contributed by atoms with Gasteiger partial charge in [0.05, 0.1) is 52.1 Å². The number of hydrogen-bond acceptors (Lipinski definition) is 9. The number of rotatable bonds is 8. The van der Waals surface area contributed by atoms with E-state index in [0.29, 0.717) is 49.3 Å². The highest BCUT2D eigenvalue weighted by molar-refractivity contribution is 7.92. The van der Waals surface area contributed by atoms with E-state index in [-0.39, 0.29) is 11.4 Å². The number of hydrogen-bond donors (Lipinski definition) is 2. The highest BCUT2D eigenvalue weighted by Crippen LogP contribution is 2.32. The molecule has 1 amide bonds. The maximum atomic E-state index is 13.3. The van der Waals surface area contributed by atoms with Gasteiger partial charge in [-0.3, -0.25) is 14.5 Å². The van der Waals surface area contributed by atoms with E-state index in [0.717, 1.165) is 27.8 Å². The second kappa shape index (κ2) is 11.1. The molecule has 0 saturated carbocycles. The second-order valence-corrected chi connectivity index (χ2v) is 12.0. The van der Waals surface area contributed by atoms with Gasteiger partial charge in [-0.1, -0.05) is 18.2 Å². The van der Waals surface area contributed by atoms with E-state index in [9.17, 15) is 9.00 Å². The number of oxazole rings is 1. The minimum atomic E-state index is -2.96. The first-order valence-corrected chi connectivity index (χ1v) is 14.9. The van der Waals surface area contributed by atoms with Gasteiger partial charge in [-0.05, 0) is 43.3 Å². The molecule has 6 rings (SSSR count). The molecule has 1 saturated heterocycles. The summed E-state index contributed by atoms with van der Waals surface area (Å²) in [6.07, 6.45) is 4.85. The molecule has 41 heavy (non-hydrogen) atoms. The topological polar surface area (TPSA) is 139 Å². The van der Waals surface area contributed by atoms with Gasteiger partial charge in [0, 0.05) is 47.0 Å². The third-order valence-electron chi connectivity index (χ3n) is 6.88. The molecular weight excluding hydrogens is 542 g/mol. The van der Waals surface area contributed by atoms with E-state index in [4.69, 9.17) is 19.0 Å². The first kappa shape index (κ1) is 26.7. The van der Waals surface area contributed by atoms with Crippen LogP contribution in [0.4, 0.5) is 11.4 Å². The summed E-state index contributed by atoms with van der Waals surface area (Å²) in [5.74, 6) is 0.0762. The quantitative estimate of drug-likeness (QED) is 0.276. The van der Waals surface area contributed by atoms with Gasteiger partial charge in [-0.25, -0.2) is 14.0 Å². The lowest BCUT2D eigenvalue weighted by Gasteiger charge is -2.30. The minimum Gasteiger partial charge on any atom is -0.444 e. The SMILES string of the molecule is Cc1cc(-c2nc(C(=O)Nc3cc4cn(CCS(=N)(=O)c5ccccc5)nc4cc3N3CCOCC3)co2)ccn1. The summed E-state index contributed by atoms with van der Waals surface area (Å²) in [4.78, 5) is 24.5. The second-order valence-electron chi connectivity index (χ2n) is 9.79. The Bertz CT molecular complexity index is 1810. The van der Waals surface area contributed by atoms with Crippen molar-refractivity contribution in [1.29, 1.82) is 4.78 Å². The van der Waals surface area contributed by atoms with Crippen molar-refractivity contribution in [3.63, 3.8) is 0 Å². The maximum Gasteiger partial charge on any atom is 0.277 e. The van der Waals surface area contributed by atoms with Gasteiger partial charge >= 0.3 is 0 Å².